The molecule has 1 unspecified atom stereocenters. The predicted octanol–water partition coefficient (Wildman–Crippen LogP) is 4.65. The number of nitrogens with zero attached hydrogens (tertiary/aromatic N) is 1. The summed E-state index contributed by atoms with van der Waals surface area (Å²) >= 11 is 0. The summed E-state index contributed by atoms with van der Waals surface area (Å²) in [7, 11) is -3.82. The third-order valence-corrected chi connectivity index (χ3v) is 7.84. The van der Waals surface area contributed by atoms with E-state index < -0.39 is 33.8 Å². The molecule has 34 heavy (non-hydrogen) atoms. The fourth-order valence-corrected chi connectivity index (χ4v) is 5.35. The van der Waals surface area contributed by atoms with Crippen LogP contribution in [-0.4, -0.2) is 56.9 Å². The lowest BCUT2D eigenvalue weighted by Crippen LogP contribution is -2.52. The van der Waals surface area contributed by atoms with Crippen molar-refractivity contribution < 1.29 is 44.5 Å². The number of phenolic OH excluding ortho intramolecular Hbond substituents is 1. The molecule has 0 spiro atoms. The van der Waals surface area contributed by atoms with Crippen LogP contribution in [-0.2, 0) is 23.0 Å². The summed E-state index contributed by atoms with van der Waals surface area (Å²) in [6, 6.07) is 6.14. The van der Waals surface area contributed by atoms with Gasteiger partial charge in [0.05, 0.1) is 33.4 Å². The number of quaternary nitrogens is 1. The second kappa shape index (κ2) is 8.60. The molecule has 186 valence electrons. The maximum absolute atomic E-state index is 12.9. The Kier molecular flexibility index (Phi) is 6.22. The number of hydrogen-bond donors (Lipinski definition) is 1. The predicted molar refractivity (Wildman–Crippen MR) is 117 cm³/mol. The Balaban J connectivity index is 1.88. The number of aromatic hydroxyl groups is 1. The van der Waals surface area contributed by atoms with Gasteiger partial charge in [0.1, 0.15) is 11.8 Å². The van der Waals surface area contributed by atoms with Crippen molar-refractivity contribution in [1.29, 1.82) is 0 Å². The molecule has 0 radical (unpaired) electrons. The highest BCUT2D eigenvalue weighted by atomic mass is 32.2. The average Bonchev–Trinajstić information content (AvgIpc) is 2.77. The van der Waals surface area contributed by atoms with Gasteiger partial charge < -0.3 is 18.5 Å². The molecule has 4 rings (SSSR count). The SMILES string of the molecule is CC[N@+]1(C)CCc2cc(OCCCF)cc3c2C1Cc1ccc(OS(=O)(=O)C(F)(F)F)c(O)c1-3. The van der Waals surface area contributed by atoms with Crippen molar-refractivity contribution in [3.63, 3.8) is 0 Å². The van der Waals surface area contributed by atoms with E-state index in [2.05, 4.69) is 18.2 Å². The minimum absolute atomic E-state index is 0.0428. The summed E-state index contributed by atoms with van der Waals surface area (Å²) in [5.41, 5.74) is -2.25. The Hall–Kier alpha value is -2.53. The Labute approximate surface area is 195 Å². The van der Waals surface area contributed by atoms with Crippen LogP contribution in [0.5, 0.6) is 17.2 Å². The maximum atomic E-state index is 12.9. The van der Waals surface area contributed by atoms with Crippen molar-refractivity contribution in [2.24, 2.45) is 0 Å². The second-order valence-electron chi connectivity index (χ2n) is 8.85. The number of rotatable bonds is 7. The van der Waals surface area contributed by atoms with Gasteiger partial charge in [-0.2, -0.15) is 21.6 Å². The molecule has 2 aliphatic rings. The molecule has 0 saturated carbocycles. The van der Waals surface area contributed by atoms with Gasteiger partial charge in [-0.05, 0) is 41.8 Å². The third-order valence-electron chi connectivity index (χ3n) is 6.88. The van der Waals surface area contributed by atoms with Crippen LogP contribution in [0.25, 0.3) is 11.1 Å². The third kappa shape index (κ3) is 4.08. The van der Waals surface area contributed by atoms with E-state index >= 15 is 0 Å². The first kappa shape index (κ1) is 24.6. The molecule has 1 N–H and O–H groups in total. The summed E-state index contributed by atoms with van der Waals surface area (Å²) in [6.07, 6.45) is 1.44. The van der Waals surface area contributed by atoms with Gasteiger partial charge >= 0.3 is 15.6 Å². The van der Waals surface area contributed by atoms with Crippen LogP contribution in [0.15, 0.2) is 24.3 Å². The van der Waals surface area contributed by atoms with Crippen LogP contribution >= 0.6 is 0 Å². The number of likely N-dealkylation sites (N-methyl/N-ethyl adjacent to an activating group) is 1. The summed E-state index contributed by atoms with van der Waals surface area (Å²) in [5.74, 6) is -1.02. The van der Waals surface area contributed by atoms with Crippen molar-refractivity contribution in [2.45, 2.75) is 37.7 Å². The van der Waals surface area contributed by atoms with Crippen LogP contribution in [0, 0.1) is 0 Å². The average molecular weight is 505 g/mol. The highest BCUT2D eigenvalue weighted by Crippen LogP contribution is 2.53. The zero-order valence-corrected chi connectivity index (χ0v) is 19.6. The Bertz CT molecular complexity index is 1210. The van der Waals surface area contributed by atoms with Crippen molar-refractivity contribution >= 4 is 10.1 Å². The van der Waals surface area contributed by atoms with Gasteiger partial charge in [0.15, 0.2) is 11.5 Å². The van der Waals surface area contributed by atoms with Crippen molar-refractivity contribution in [1.82, 2.24) is 0 Å². The molecular weight excluding hydrogens is 478 g/mol. The molecule has 11 heteroatoms. The van der Waals surface area contributed by atoms with Gasteiger partial charge in [-0.3, -0.25) is 4.39 Å². The molecule has 1 aliphatic carbocycles. The zero-order valence-electron chi connectivity index (χ0n) is 18.8. The van der Waals surface area contributed by atoms with Gasteiger partial charge in [0, 0.05) is 30.4 Å². The normalized spacial score (nSPS) is 21.5. The monoisotopic (exact) mass is 504 g/mol. The number of halogens is 4. The largest absolute Gasteiger partial charge is 0.534 e. The molecule has 2 aromatic carbocycles. The minimum atomic E-state index is -5.96. The van der Waals surface area contributed by atoms with Gasteiger partial charge in [0.25, 0.3) is 0 Å². The van der Waals surface area contributed by atoms with E-state index in [1.54, 1.807) is 6.07 Å². The number of fused-ring (bicyclic) bond motifs is 2. The quantitative estimate of drug-likeness (QED) is 0.196. The minimum Gasteiger partial charge on any atom is -0.504 e. The van der Waals surface area contributed by atoms with E-state index in [0.717, 1.165) is 41.2 Å². The van der Waals surface area contributed by atoms with Gasteiger partial charge in [-0.1, -0.05) is 6.07 Å². The summed E-state index contributed by atoms with van der Waals surface area (Å²) in [5, 5.41) is 10.9. The van der Waals surface area contributed by atoms with Gasteiger partial charge in [0.2, 0.25) is 0 Å². The van der Waals surface area contributed by atoms with Crippen LogP contribution < -0.4 is 8.92 Å². The van der Waals surface area contributed by atoms with E-state index in [9.17, 15) is 31.1 Å². The Morgan fingerprint density at radius 2 is 1.94 bits per heavy atom. The number of alkyl halides is 4. The van der Waals surface area contributed by atoms with Gasteiger partial charge in [-0.25, -0.2) is 0 Å². The van der Waals surface area contributed by atoms with E-state index in [1.807, 2.05) is 6.07 Å². The first-order chi connectivity index (χ1) is 15.9. The fourth-order valence-electron chi connectivity index (χ4n) is 4.89. The molecule has 0 saturated heterocycles. The van der Waals surface area contributed by atoms with Crippen LogP contribution in [0.1, 0.15) is 36.1 Å². The lowest BCUT2D eigenvalue weighted by atomic mass is 9.75. The fraction of sp³-hybridized carbons (Fsp3) is 0.478. The van der Waals surface area contributed by atoms with Crippen molar-refractivity contribution in [2.75, 3.05) is 33.4 Å². The van der Waals surface area contributed by atoms with Crippen LogP contribution in [0.4, 0.5) is 17.6 Å². The Morgan fingerprint density at radius 1 is 1.21 bits per heavy atom. The Morgan fingerprint density at radius 3 is 2.59 bits per heavy atom. The molecule has 6 nitrogen and oxygen atoms in total. The van der Waals surface area contributed by atoms with E-state index in [-0.39, 0.29) is 24.6 Å². The van der Waals surface area contributed by atoms with Gasteiger partial charge in [-0.15, -0.1) is 0 Å². The second-order valence-corrected chi connectivity index (χ2v) is 10.4. The highest BCUT2D eigenvalue weighted by Gasteiger charge is 2.49. The zero-order chi connectivity index (χ0) is 24.9. The molecule has 2 aromatic rings. The summed E-state index contributed by atoms with van der Waals surface area (Å²) in [6.45, 7) is 3.42. The molecular formula is C23H26F4NO5S+. The van der Waals surface area contributed by atoms with Crippen LogP contribution in [0.2, 0.25) is 0 Å². The van der Waals surface area contributed by atoms with E-state index in [4.69, 9.17) is 4.74 Å². The van der Waals surface area contributed by atoms with Crippen molar-refractivity contribution in [3.05, 3.63) is 41.0 Å². The number of hydrogen-bond acceptors (Lipinski definition) is 5. The molecule has 1 heterocycles. The molecule has 0 fully saturated rings. The van der Waals surface area contributed by atoms with E-state index in [1.165, 1.54) is 6.07 Å². The van der Waals surface area contributed by atoms with Crippen molar-refractivity contribution in [3.8, 4) is 28.4 Å². The molecule has 0 aromatic heterocycles. The van der Waals surface area contributed by atoms with E-state index in [0.29, 0.717) is 23.3 Å². The molecule has 2 atom stereocenters. The first-order valence-corrected chi connectivity index (χ1v) is 12.4. The number of phenols is 1. The lowest BCUT2D eigenvalue weighted by Gasteiger charge is -2.48. The topological polar surface area (TPSA) is 72.8 Å². The first-order valence-electron chi connectivity index (χ1n) is 11.0. The van der Waals surface area contributed by atoms with Crippen LogP contribution in [0.3, 0.4) is 0 Å². The summed E-state index contributed by atoms with van der Waals surface area (Å²) < 4.78 is 85.0. The lowest BCUT2D eigenvalue weighted by molar-refractivity contribution is -0.939. The number of ether oxygens (including phenoxy) is 1. The molecule has 1 aliphatic heterocycles. The number of benzene rings is 2. The highest BCUT2D eigenvalue weighted by molar-refractivity contribution is 7.88. The standard InChI is InChI=1S/C23H25F4NO5S/c1-3-28(2)9-7-15-11-16(32-10-4-8-24)13-17-20(15)18(28)12-14-5-6-19(22(29)21(14)17)33-34(30,31)23(25,26)27/h5-6,11,13,18H,3-4,7-10,12H2,1-2H3/p+1/t18?,28-/m1/s1. The maximum Gasteiger partial charge on any atom is 0.534 e. The smallest absolute Gasteiger partial charge is 0.504 e. The molecule has 0 bridgehead atoms. The molecule has 0 amide bonds. The summed E-state index contributed by atoms with van der Waals surface area (Å²) in [4.78, 5) is 0.